The lowest BCUT2D eigenvalue weighted by molar-refractivity contribution is -0.145. The highest BCUT2D eigenvalue weighted by molar-refractivity contribution is 5.79. The zero-order valence-corrected chi connectivity index (χ0v) is 12.6. The van der Waals surface area contributed by atoms with Crippen molar-refractivity contribution < 1.29 is 14.6 Å². The van der Waals surface area contributed by atoms with Gasteiger partial charge in [-0.25, -0.2) is 0 Å². The number of fused-ring (bicyclic) bond motifs is 1. The Morgan fingerprint density at radius 2 is 2.10 bits per heavy atom. The van der Waals surface area contributed by atoms with Gasteiger partial charge >= 0.3 is 5.97 Å². The number of carbonyl (C=O) groups is 1. The number of ether oxygens (including phenoxy) is 1. The minimum absolute atomic E-state index is 0.398. The lowest BCUT2D eigenvalue weighted by atomic mass is 9.96. The molecule has 1 saturated heterocycles. The highest BCUT2D eigenvalue weighted by Gasteiger charge is 2.51. The molecule has 0 bridgehead atoms. The second-order valence-corrected chi connectivity index (χ2v) is 7.35. The highest BCUT2D eigenvalue weighted by atomic mass is 16.5. The average Bonchev–Trinajstić information content (AvgIpc) is 3.00. The van der Waals surface area contributed by atoms with Gasteiger partial charge in [-0.1, -0.05) is 0 Å². The van der Waals surface area contributed by atoms with E-state index >= 15 is 0 Å². The van der Waals surface area contributed by atoms with Crippen LogP contribution in [-0.4, -0.2) is 58.9 Å². The van der Waals surface area contributed by atoms with Gasteiger partial charge in [0.2, 0.25) is 0 Å². The maximum atomic E-state index is 11.8. The van der Waals surface area contributed by atoms with Crippen LogP contribution >= 0.6 is 0 Å². The molecule has 5 heteroatoms. The SMILES string of the molecule is O=C(O)C1(NC2CC2)CCC(N2CCOC3CCCC32)C1. The minimum Gasteiger partial charge on any atom is -0.480 e. The summed E-state index contributed by atoms with van der Waals surface area (Å²) in [4.78, 5) is 14.4. The van der Waals surface area contributed by atoms with Crippen LogP contribution in [0.2, 0.25) is 0 Å². The molecule has 1 heterocycles. The number of hydrogen-bond donors (Lipinski definition) is 2. The summed E-state index contributed by atoms with van der Waals surface area (Å²) in [5.41, 5.74) is -0.668. The van der Waals surface area contributed by atoms with Crippen LogP contribution in [0.3, 0.4) is 0 Å². The Morgan fingerprint density at radius 1 is 1.24 bits per heavy atom. The number of morpholine rings is 1. The Kier molecular flexibility index (Phi) is 3.47. The molecule has 118 valence electrons. The maximum absolute atomic E-state index is 11.8. The average molecular weight is 294 g/mol. The van der Waals surface area contributed by atoms with Crippen LogP contribution in [0.25, 0.3) is 0 Å². The van der Waals surface area contributed by atoms with Crippen molar-refractivity contribution in [1.29, 1.82) is 0 Å². The molecule has 4 atom stereocenters. The van der Waals surface area contributed by atoms with Gasteiger partial charge in [0.25, 0.3) is 0 Å². The Labute approximate surface area is 126 Å². The van der Waals surface area contributed by atoms with E-state index in [0.29, 0.717) is 24.2 Å². The molecule has 2 N–H and O–H groups in total. The quantitative estimate of drug-likeness (QED) is 0.820. The van der Waals surface area contributed by atoms with E-state index in [1.807, 2.05) is 0 Å². The topological polar surface area (TPSA) is 61.8 Å². The number of rotatable bonds is 4. The first-order valence-electron chi connectivity index (χ1n) is 8.56. The summed E-state index contributed by atoms with van der Waals surface area (Å²) in [6.07, 6.45) is 8.88. The first kappa shape index (κ1) is 14.0. The maximum Gasteiger partial charge on any atom is 0.323 e. The summed E-state index contributed by atoms with van der Waals surface area (Å²) in [6, 6.07) is 1.40. The van der Waals surface area contributed by atoms with E-state index < -0.39 is 11.5 Å². The summed E-state index contributed by atoms with van der Waals surface area (Å²) >= 11 is 0. The number of nitrogens with zero attached hydrogens (tertiary/aromatic N) is 1. The van der Waals surface area contributed by atoms with E-state index in [0.717, 1.165) is 45.3 Å². The van der Waals surface area contributed by atoms with E-state index in [2.05, 4.69) is 10.2 Å². The van der Waals surface area contributed by atoms with Gasteiger partial charge in [0.15, 0.2) is 0 Å². The van der Waals surface area contributed by atoms with Crippen molar-refractivity contribution >= 4 is 5.97 Å². The smallest absolute Gasteiger partial charge is 0.323 e. The van der Waals surface area contributed by atoms with Crippen molar-refractivity contribution in [3.05, 3.63) is 0 Å². The fourth-order valence-corrected chi connectivity index (χ4v) is 4.72. The molecule has 4 fully saturated rings. The predicted molar refractivity (Wildman–Crippen MR) is 78.2 cm³/mol. The number of hydrogen-bond acceptors (Lipinski definition) is 4. The van der Waals surface area contributed by atoms with Gasteiger partial charge in [0.05, 0.1) is 12.7 Å². The van der Waals surface area contributed by atoms with E-state index in [4.69, 9.17) is 4.74 Å². The van der Waals surface area contributed by atoms with E-state index in [1.54, 1.807) is 0 Å². The number of carboxylic acid groups (broad SMARTS) is 1. The zero-order valence-electron chi connectivity index (χ0n) is 12.6. The van der Waals surface area contributed by atoms with Gasteiger partial charge < -0.3 is 9.84 Å². The van der Waals surface area contributed by atoms with Gasteiger partial charge in [0, 0.05) is 24.7 Å². The molecule has 0 aromatic heterocycles. The van der Waals surface area contributed by atoms with Crippen LogP contribution in [0.1, 0.15) is 51.4 Å². The van der Waals surface area contributed by atoms with Crippen LogP contribution in [0, 0.1) is 0 Å². The molecular weight excluding hydrogens is 268 g/mol. The largest absolute Gasteiger partial charge is 0.480 e. The van der Waals surface area contributed by atoms with E-state index in [9.17, 15) is 9.90 Å². The van der Waals surface area contributed by atoms with Crippen molar-refractivity contribution in [1.82, 2.24) is 10.2 Å². The molecule has 0 aromatic carbocycles. The molecule has 0 amide bonds. The van der Waals surface area contributed by atoms with Crippen LogP contribution in [-0.2, 0) is 9.53 Å². The van der Waals surface area contributed by atoms with Gasteiger partial charge in [-0.05, 0) is 51.4 Å². The van der Waals surface area contributed by atoms with E-state index in [-0.39, 0.29) is 0 Å². The predicted octanol–water partition coefficient (Wildman–Crippen LogP) is 1.37. The lowest BCUT2D eigenvalue weighted by Gasteiger charge is -2.42. The molecule has 1 aliphatic heterocycles. The normalized spacial score (nSPS) is 43.9. The molecule has 4 rings (SSSR count). The van der Waals surface area contributed by atoms with Crippen LogP contribution < -0.4 is 5.32 Å². The molecular formula is C16H26N2O3. The first-order valence-corrected chi connectivity index (χ1v) is 8.56. The molecule has 3 aliphatic carbocycles. The monoisotopic (exact) mass is 294 g/mol. The van der Waals surface area contributed by atoms with Crippen LogP contribution in [0.5, 0.6) is 0 Å². The summed E-state index contributed by atoms with van der Waals surface area (Å²) in [5, 5.41) is 13.2. The number of nitrogens with one attached hydrogen (secondary N) is 1. The third-order valence-corrected chi connectivity index (χ3v) is 5.95. The van der Waals surface area contributed by atoms with Crippen molar-refractivity contribution in [2.24, 2.45) is 0 Å². The molecule has 5 nitrogen and oxygen atoms in total. The first-order chi connectivity index (χ1) is 10.2. The molecule has 3 saturated carbocycles. The van der Waals surface area contributed by atoms with Crippen molar-refractivity contribution in [3.8, 4) is 0 Å². The Bertz CT molecular complexity index is 426. The Hall–Kier alpha value is -0.650. The summed E-state index contributed by atoms with van der Waals surface area (Å²) in [7, 11) is 0. The summed E-state index contributed by atoms with van der Waals surface area (Å²) in [6.45, 7) is 1.79. The lowest BCUT2D eigenvalue weighted by Crippen LogP contribution is -2.55. The fourth-order valence-electron chi connectivity index (χ4n) is 4.72. The van der Waals surface area contributed by atoms with Crippen molar-refractivity contribution in [3.63, 3.8) is 0 Å². The standard InChI is InChI=1S/C16H26N2O3/c19-15(20)16(17-11-4-5-11)7-6-12(10-16)18-8-9-21-14-3-1-2-13(14)18/h11-14,17H,1-10H2,(H,19,20). The summed E-state index contributed by atoms with van der Waals surface area (Å²) < 4.78 is 5.89. The van der Waals surface area contributed by atoms with Gasteiger partial charge in [-0.2, -0.15) is 0 Å². The highest BCUT2D eigenvalue weighted by Crippen LogP contribution is 2.40. The van der Waals surface area contributed by atoms with Crippen molar-refractivity contribution in [2.75, 3.05) is 13.2 Å². The van der Waals surface area contributed by atoms with E-state index in [1.165, 1.54) is 19.3 Å². The molecule has 21 heavy (non-hydrogen) atoms. The molecule has 4 unspecified atom stereocenters. The number of carboxylic acids is 1. The third-order valence-electron chi connectivity index (χ3n) is 5.95. The minimum atomic E-state index is -0.668. The molecule has 4 aliphatic rings. The Morgan fingerprint density at radius 3 is 2.86 bits per heavy atom. The van der Waals surface area contributed by atoms with Gasteiger partial charge in [-0.15, -0.1) is 0 Å². The zero-order chi connectivity index (χ0) is 14.4. The van der Waals surface area contributed by atoms with Gasteiger partial charge in [0.1, 0.15) is 5.54 Å². The van der Waals surface area contributed by atoms with Crippen LogP contribution in [0.15, 0.2) is 0 Å². The summed E-state index contributed by atoms with van der Waals surface area (Å²) in [5.74, 6) is -0.645. The molecule has 0 spiro atoms. The third kappa shape index (κ3) is 2.49. The number of aliphatic carboxylic acids is 1. The Balaban J connectivity index is 1.47. The molecule has 0 aromatic rings. The van der Waals surface area contributed by atoms with Crippen LogP contribution in [0.4, 0.5) is 0 Å². The second kappa shape index (κ2) is 5.21. The second-order valence-electron chi connectivity index (χ2n) is 7.35. The molecule has 0 radical (unpaired) electrons. The van der Waals surface area contributed by atoms with Gasteiger partial charge in [-0.3, -0.25) is 15.0 Å². The fraction of sp³-hybridized carbons (Fsp3) is 0.938. The van der Waals surface area contributed by atoms with Crippen molar-refractivity contribution in [2.45, 2.75) is 81.1 Å².